The number of hydrogen-bond donors (Lipinski definition) is 2. The van der Waals surface area contributed by atoms with Crippen molar-refractivity contribution < 1.29 is 13.2 Å². The van der Waals surface area contributed by atoms with Gasteiger partial charge >= 0.3 is 0 Å². The molecule has 0 aliphatic heterocycles. The van der Waals surface area contributed by atoms with E-state index in [2.05, 4.69) is 23.9 Å². The zero-order chi connectivity index (χ0) is 21.9. The van der Waals surface area contributed by atoms with Gasteiger partial charge in [0.05, 0.1) is 4.75 Å². The molecule has 3 unspecified atom stereocenters. The van der Waals surface area contributed by atoms with E-state index in [0.29, 0.717) is 24.3 Å². The Morgan fingerprint density at radius 3 is 2.07 bits per heavy atom. The van der Waals surface area contributed by atoms with Crippen LogP contribution in [0.25, 0.3) is 0 Å². The Hall–Kier alpha value is -2.21. The number of ether oxygens (including phenoxy) is 1. The van der Waals surface area contributed by atoms with E-state index in [1.165, 1.54) is 6.42 Å². The summed E-state index contributed by atoms with van der Waals surface area (Å²) in [6.07, 6.45) is 2.68. The highest BCUT2D eigenvalue weighted by Crippen LogP contribution is 2.34. The lowest BCUT2D eigenvalue weighted by molar-refractivity contribution is 0.155. The largest absolute Gasteiger partial charge is 0.490 e. The van der Waals surface area contributed by atoms with E-state index in [-0.39, 0.29) is 0 Å². The summed E-state index contributed by atoms with van der Waals surface area (Å²) in [5, 5.41) is 3.40. The molecule has 0 radical (unpaired) electrons. The molecule has 6 heteroatoms. The second kappa shape index (κ2) is 8.88. The van der Waals surface area contributed by atoms with E-state index in [9.17, 15) is 8.42 Å². The summed E-state index contributed by atoms with van der Waals surface area (Å²) >= 11 is 0. The molecule has 5 nitrogen and oxygen atoms in total. The molecule has 2 aromatic carbocycles. The maximum Gasteiger partial charge on any atom is 0.237 e. The van der Waals surface area contributed by atoms with Gasteiger partial charge in [-0.2, -0.15) is 0 Å². The average Bonchev–Trinajstić information content (AvgIpc) is 2.99. The fraction of sp³-hybridized carbons (Fsp3) is 0.500. The van der Waals surface area contributed by atoms with Crippen LogP contribution in [0.5, 0.6) is 5.75 Å². The molecule has 0 saturated heterocycles. The summed E-state index contributed by atoms with van der Waals surface area (Å²) < 4.78 is 32.5. The molecule has 3 atom stereocenters. The highest BCUT2D eigenvalue weighted by atomic mass is 32.2. The van der Waals surface area contributed by atoms with Crippen LogP contribution in [0.1, 0.15) is 53.0 Å². The first-order chi connectivity index (χ1) is 14.0. The Morgan fingerprint density at radius 1 is 0.933 bits per heavy atom. The Bertz CT molecular complexity index is 932. The second-order valence-corrected chi connectivity index (χ2v) is 11.8. The predicted molar refractivity (Wildman–Crippen MR) is 124 cm³/mol. The van der Waals surface area contributed by atoms with Crippen molar-refractivity contribution in [3.05, 3.63) is 54.1 Å². The fourth-order valence-corrected chi connectivity index (χ4v) is 4.27. The minimum absolute atomic E-state index is 0.313. The number of sulfonamides is 1. The molecule has 3 rings (SSSR count). The monoisotopic (exact) mass is 430 g/mol. The minimum Gasteiger partial charge on any atom is -0.490 e. The molecular weight excluding hydrogens is 396 g/mol. The first-order valence-corrected chi connectivity index (χ1v) is 12.2. The number of rotatable bonds is 7. The topological polar surface area (TPSA) is 67.4 Å². The van der Waals surface area contributed by atoms with E-state index in [4.69, 9.17) is 4.74 Å². The van der Waals surface area contributed by atoms with Crippen molar-refractivity contribution in [1.82, 2.24) is 0 Å². The third-order valence-electron chi connectivity index (χ3n) is 6.04. The van der Waals surface area contributed by atoms with Crippen molar-refractivity contribution in [1.29, 1.82) is 0 Å². The van der Waals surface area contributed by atoms with Gasteiger partial charge in [0.2, 0.25) is 10.0 Å². The van der Waals surface area contributed by atoms with Crippen molar-refractivity contribution in [2.75, 3.05) is 10.0 Å². The van der Waals surface area contributed by atoms with Gasteiger partial charge < -0.3 is 10.1 Å². The summed E-state index contributed by atoms with van der Waals surface area (Å²) in [6, 6.07) is 15.5. The SMILES string of the molecule is CC1CCC(Oc2ccc(NCc3ccc(NS(=O)(=O)C(C)(C)C)cc3)cc2)C1C. The van der Waals surface area contributed by atoms with E-state index in [1.54, 1.807) is 32.9 Å². The van der Waals surface area contributed by atoms with E-state index >= 15 is 0 Å². The lowest BCUT2D eigenvalue weighted by atomic mass is 9.99. The first-order valence-electron chi connectivity index (χ1n) is 10.7. The van der Waals surface area contributed by atoms with Crippen LogP contribution in [0.4, 0.5) is 11.4 Å². The maximum atomic E-state index is 12.3. The van der Waals surface area contributed by atoms with Crippen LogP contribution in [-0.2, 0) is 16.6 Å². The van der Waals surface area contributed by atoms with Gasteiger partial charge in [-0.25, -0.2) is 8.42 Å². The summed E-state index contributed by atoms with van der Waals surface area (Å²) in [5.74, 6) is 2.24. The quantitative estimate of drug-likeness (QED) is 0.595. The standard InChI is InChI=1S/C24H34N2O3S/c1-17-6-15-23(18(17)2)29-22-13-11-20(12-14-22)25-16-19-7-9-21(10-8-19)26-30(27,28)24(3,4)5/h7-14,17-18,23,25-26H,6,15-16H2,1-5H3. The molecule has 1 aliphatic carbocycles. The van der Waals surface area contributed by atoms with Crippen LogP contribution in [0.15, 0.2) is 48.5 Å². The van der Waals surface area contributed by atoms with E-state index in [1.807, 2.05) is 36.4 Å². The smallest absolute Gasteiger partial charge is 0.237 e. The van der Waals surface area contributed by atoms with Gasteiger partial charge in [-0.1, -0.05) is 26.0 Å². The number of benzene rings is 2. The predicted octanol–water partition coefficient (Wildman–Crippen LogP) is 5.65. The van der Waals surface area contributed by atoms with Crippen molar-refractivity contribution in [3.8, 4) is 5.75 Å². The molecule has 1 aliphatic rings. The molecule has 30 heavy (non-hydrogen) atoms. The number of hydrogen-bond acceptors (Lipinski definition) is 4. The first kappa shape index (κ1) is 22.5. The van der Waals surface area contributed by atoms with Crippen molar-refractivity contribution in [2.24, 2.45) is 11.8 Å². The van der Waals surface area contributed by atoms with Crippen molar-refractivity contribution in [2.45, 2.75) is 64.9 Å². The second-order valence-electron chi connectivity index (χ2n) is 9.36. The summed E-state index contributed by atoms with van der Waals surface area (Å²) in [6.45, 7) is 10.3. The third-order valence-corrected chi connectivity index (χ3v) is 8.16. The molecule has 0 aromatic heterocycles. The summed E-state index contributed by atoms with van der Waals surface area (Å²) in [7, 11) is -3.42. The van der Waals surface area contributed by atoms with Crippen LogP contribution in [0.3, 0.4) is 0 Å². The van der Waals surface area contributed by atoms with Crippen LogP contribution in [0, 0.1) is 11.8 Å². The van der Waals surface area contributed by atoms with Gasteiger partial charge in [0.1, 0.15) is 11.9 Å². The Kier molecular flexibility index (Phi) is 6.65. The lowest BCUT2D eigenvalue weighted by Gasteiger charge is -2.20. The molecule has 2 aromatic rings. The minimum atomic E-state index is -3.42. The number of nitrogens with one attached hydrogen (secondary N) is 2. The zero-order valence-electron chi connectivity index (χ0n) is 18.6. The van der Waals surface area contributed by atoms with Crippen LogP contribution in [-0.4, -0.2) is 19.3 Å². The highest BCUT2D eigenvalue weighted by Gasteiger charge is 2.31. The average molecular weight is 431 g/mol. The van der Waals surface area contributed by atoms with Crippen LogP contribution in [0.2, 0.25) is 0 Å². The molecule has 0 bridgehead atoms. The molecule has 1 fully saturated rings. The zero-order valence-corrected chi connectivity index (χ0v) is 19.4. The summed E-state index contributed by atoms with van der Waals surface area (Å²) in [5.41, 5.74) is 2.67. The van der Waals surface area contributed by atoms with Gasteiger partial charge in [0, 0.05) is 17.9 Å². The van der Waals surface area contributed by atoms with E-state index in [0.717, 1.165) is 29.3 Å². The van der Waals surface area contributed by atoms with E-state index < -0.39 is 14.8 Å². The Labute approximate surface area is 181 Å². The third kappa shape index (κ3) is 5.48. The van der Waals surface area contributed by atoms with Gasteiger partial charge in [-0.15, -0.1) is 0 Å². The molecular formula is C24H34N2O3S. The highest BCUT2D eigenvalue weighted by molar-refractivity contribution is 7.94. The number of anilines is 2. The van der Waals surface area contributed by atoms with Crippen LogP contribution < -0.4 is 14.8 Å². The Morgan fingerprint density at radius 2 is 1.53 bits per heavy atom. The van der Waals surface area contributed by atoms with Crippen molar-refractivity contribution in [3.63, 3.8) is 0 Å². The van der Waals surface area contributed by atoms with Crippen LogP contribution >= 0.6 is 0 Å². The fourth-order valence-electron chi connectivity index (χ4n) is 3.51. The molecule has 0 heterocycles. The molecule has 2 N–H and O–H groups in total. The lowest BCUT2D eigenvalue weighted by Crippen LogP contribution is -2.33. The Balaban J connectivity index is 1.52. The molecule has 0 spiro atoms. The van der Waals surface area contributed by atoms with Crippen molar-refractivity contribution >= 4 is 21.4 Å². The molecule has 0 amide bonds. The molecule has 1 saturated carbocycles. The maximum absolute atomic E-state index is 12.3. The normalized spacial score (nSPS) is 22.0. The van der Waals surface area contributed by atoms with Gasteiger partial charge in [0.15, 0.2) is 0 Å². The van der Waals surface area contributed by atoms with Gasteiger partial charge in [-0.05, 0) is 87.4 Å². The van der Waals surface area contributed by atoms with Gasteiger partial charge in [0.25, 0.3) is 0 Å². The summed E-state index contributed by atoms with van der Waals surface area (Å²) in [4.78, 5) is 0. The van der Waals surface area contributed by atoms with Gasteiger partial charge in [-0.3, -0.25) is 4.72 Å². The molecule has 164 valence electrons.